The molecule has 0 atom stereocenters. The molecule has 0 heterocycles. The van der Waals surface area contributed by atoms with E-state index in [2.05, 4.69) is 191 Å². The Morgan fingerprint density at radius 1 is 0.413 bits per heavy atom. The SMILES string of the molecule is [C-]#[N+]c1cccc(N(c2ccccc2)c2ccc3cc4c(cc3c2)C2(c3ccccc3-c3ccccc32)c2cc(N(c3ccccc3)c3cccc(C#N)c3)c3ccccc3c2-4)c1. The molecule has 0 aliphatic heterocycles. The van der Waals surface area contributed by atoms with E-state index in [-0.39, 0.29) is 0 Å². The summed E-state index contributed by atoms with van der Waals surface area (Å²) in [7, 11) is 0. The molecule has 0 saturated carbocycles. The highest BCUT2D eigenvalue weighted by Gasteiger charge is 2.52. The second-order valence-electron chi connectivity index (χ2n) is 16.3. The van der Waals surface area contributed by atoms with Gasteiger partial charge in [-0.2, -0.15) is 5.26 Å². The van der Waals surface area contributed by atoms with Crippen molar-refractivity contribution in [3.05, 3.63) is 258 Å². The maximum absolute atomic E-state index is 10.1. The van der Waals surface area contributed by atoms with Crippen LogP contribution < -0.4 is 9.80 Å². The Morgan fingerprint density at radius 3 is 1.70 bits per heavy atom. The lowest BCUT2D eigenvalue weighted by molar-refractivity contribution is 0.795. The topological polar surface area (TPSA) is 34.6 Å². The number of hydrogen-bond donors (Lipinski definition) is 0. The van der Waals surface area contributed by atoms with Crippen LogP contribution in [0.3, 0.4) is 0 Å². The molecule has 0 fully saturated rings. The zero-order chi connectivity index (χ0) is 42.1. The van der Waals surface area contributed by atoms with E-state index in [1.54, 1.807) is 0 Å². The lowest BCUT2D eigenvalue weighted by atomic mass is 9.70. The maximum Gasteiger partial charge on any atom is 0.189 e. The largest absolute Gasteiger partial charge is 0.312 e. The number of para-hydroxylation sites is 2. The number of nitrogens with zero attached hydrogens (tertiary/aromatic N) is 4. The van der Waals surface area contributed by atoms with Gasteiger partial charge >= 0.3 is 0 Å². The molecule has 0 radical (unpaired) electrons. The quantitative estimate of drug-likeness (QED) is 0.157. The predicted molar refractivity (Wildman–Crippen MR) is 258 cm³/mol. The summed E-state index contributed by atoms with van der Waals surface area (Å²) in [5, 5.41) is 14.7. The summed E-state index contributed by atoms with van der Waals surface area (Å²) in [5.41, 5.74) is 16.5. The van der Waals surface area contributed by atoms with Crippen LogP contribution in [0.25, 0.3) is 48.6 Å². The molecule has 10 aromatic rings. The van der Waals surface area contributed by atoms with E-state index >= 15 is 0 Å². The van der Waals surface area contributed by atoms with Crippen LogP contribution in [0.4, 0.5) is 39.8 Å². The van der Waals surface area contributed by atoms with E-state index in [0.29, 0.717) is 11.3 Å². The maximum atomic E-state index is 10.1. The van der Waals surface area contributed by atoms with E-state index in [0.717, 1.165) is 50.3 Å². The molecule has 0 aromatic heterocycles. The van der Waals surface area contributed by atoms with Crippen molar-refractivity contribution in [2.75, 3.05) is 9.80 Å². The number of benzene rings is 10. The Balaban J connectivity index is 1.18. The summed E-state index contributed by atoms with van der Waals surface area (Å²) in [5.74, 6) is 0. The summed E-state index contributed by atoms with van der Waals surface area (Å²) < 4.78 is 0. The van der Waals surface area contributed by atoms with Crippen molar-refractivity contribution in [3.8, 4) is 28.3 Å². The number of rotatable bonds is 6. The first kappa shape index (κ1) is 36.2. The summed E-state index contributed by atoms with van der Waals surface area (Å²) in [6.07, 6.45) is 0. The lowest BCUT2D eigenvalue weighted by Gasteiger charge is -2.33. The van der Waals surface area contributed by atoms with Gasteiger partial charge in [0.25, 0.3) is 0 Å². The van der Waals surface area contributed by atoms with Gasteiger partial charge in [-0.3, -0.25) is 0 Å². The Kier molecular flexibility index (Phi) is 8.16. The van der Waals surface area contributed by atoms with Crippen molar-refractivity contribution >= 4 is 61.4 Å². The first-order chi connectivity index (χ1) is 31.1. The van der Waals surface area contributed by atoms with Gasteiger partial charge in [-0.1, -0.05) is 133 Å². The lowest BCUT2D eigenvalue weighted by Crippen LogP contribution is -2.26. The molecular weight excluding hydrogens is 765 g/mol. The number of fused-ring (bicyclic) bond motifs is 13. The molecule has 4 nitrogen and oxygen atoms in total. The highest BCUT2D eigenvalue weighted by molar-refractivity contribution is 6.13. The van der Waals surface area contributed by atoms with Crippen molar-refractivity contribution in [1.82, 2.24) is 0 Å². The molecule has 292 valence electrons. The van der Waals surface area contributed by atoms with Gasteiger partial charge < -0.3 is 9.80 Å². The second kappa shape index (κ2) is 14.2. The molecule has 0 saturated heterocycles. The average Bonchev–Trinajstić information content (AvgIpc) is 3.81. The average molecular weight is 801 g/mol. The minimum Gasteiger partial charge on any atom is -0.312 e. The zero-order valence-electron chi connectivity index (χ0n) is 34.1. The minimum absolute atomic E-state index is 0.598. The van der Waals surface area contributed by atoms with Crippen LogP contribution in [0.1, 0.15) is 27.8 Å². The van der Waals surface area contributed by atoms with Gasteiger partial charge in [0.15, 0.2) is 5.69 Å². The van der Waals surface area contributed by atoms with Crippen molar-refractivity contribution in [2.45, 2.75) is 5.41 Å². The van der Waals surface area contributed by atoms with E-state index in [1.165, 1.54) is 49.9 Å². The Hall–Kier alpha value is -8.70. The van der Waals surface area contributed by atoms with Gasteiger partial charge in [0.05, 0.1) is 29.3 Å². The third kappa shape index (κ3) is 5.39. The van der Waals surface area contributed by atoms with Gasteiger partial charge in [0.1, 0.15) is 0 Å². The van der Waals surface area contributed by atoms with E-state index < -0.39 is 5.41 Å². The molecule has 1 spiro atoms. The van der Waals surface area contributed by atoms with Gasteiger partial charge in [-0.15, -0.1) is 0 Å². The van der Waals surface area contributed by atoms with Crippen molar-refractivity contribution < 1.29 is 0 Å². The van der Waals surface area contributed by atoms with Crippen LogP contribution in [0.5, 0.6) is 0 Å². The highest BCUT2D eigenvalue weighted by atomic mass is 15.1. The van der Waals surface area contributed by atoms with E-state index in [1.807, 2.05) is 48.5 Å². The zero-order valence-corrected chi connectivity index (χ0v) is 34.1. The standard InChI is InChI=1S/C59H36N4/c1-61-42-17-15-23-46(36-42)62(43-18-4-2-5-19-43)47-31-30-40-34-52-55(35-41(40)33-47)59(53-28-12-10-24-48(53)49-25-11-13-29-54(49)59)56-37-57(50-26-8-9-27-51(50)58(52)56)63(44-20-6-3-7-21-44)45-22-14-16-39(32-45)38-60/h2-37H. The summed E-state index contributed by atoms with van der Waals surface area (Å²) >= 11 is 0. The smallest absolute Gasteiger partial charge is 0.189 e. The first-order valence-electron chi connectivity index (χ1n) is 21.2. The fraction of sp³-hybridized carbons (Fsp3) is 0.0169. The fourth-order valence-corrected chi connectivity index (χ4v) is 10.5. The third-order valence-electron chi connectivity index (χ3n) is 13.0. The molecule has 4 heteroatoms. The molecule has 0 bridgehead atoms. The molecule has 2 aliphatic rings. The van der Waals surface area contributed by atoms with Gasteiger partial charge in [0, 0.05) is 33.8 Å². The number of hydrogen-bond acceptors (Lipinski definition) is 3. The van der Waals surface area contributed by atoms with Crippen LogP contribution in [0.15, 0.2) is 218 Å². The van der Waals surface area contributed by atoms with Crippen molar-refractivity contribution in [2.24, 2.45) is 0 Å². The van der Waals surface area contributed by atoms with Crippen molar-refractivity contribution in [3.63, 3.8) is 0 Å². The molecule has 10 aromatic carbocycles. The number of nitriles is 1. The molecule has 0 unspecified atom stereocenters. The molecule has 63 heavy (non-hydrogen) atoms. The second-order valence-corrected chi connectivity index (χ2v) is 16.3. The summed E-state index contributed by atoms with van der Waals surface area (Å²) in [6, 6.07) is 79.8. The van der Waals surface area contributed by atoms with Crippen LogP contribution in [-0.2, 0) is 5.41 Å². The summed E-state index contributed by atoms with van der Waals surface area (Å²) in [4.78, 5) is 8.33. The normalized spacial score (nSPS) is 12.5. The van der Waals surface area contributed by atoms with E-state index in [4.69, 9.17) is 6.57 Å². The highest BCUT2D eigenvalue weighted by Crippen LogP contribution is 2.65. The minimum atomic E-state index is -0.638. The van der Waals surface area contributed by atoms with Crippen molar-refractivity contribution in [1.29, 1.82) is 5.26 Å². The number of anilines is 6. The molecular formula is C59H36N4. The Bertz CT molecular complexity index is 3510. The van der Waals surface area contributed by atoms with Gasteiger partial charge in [-0.25, -0.2) is 4.85 Å². The third-order valence-corrected chi connectivity index (χ3v) is 13.0. The monoisotopic (exact) mass is 800 g/mol. The predicted octanol–water partition coefficient (Wildman–Crippen LogP) is 15.7. The van der Waals surface area contributed by atoms with Gasteiger partial charge in [-0.05, 0) is 146 Å². The molecule has 0 N–H and O–H groups in total. The fourth-order valence-electron chi connectivity index (χ4n) is 10.5. The Labute approximate surface area is 366 Å². The first-order valence-corrected chi connectivity index (χ1v) is 21.2. The van der Waals surface area contributed by atoms with Crippen LogP contribution in [0, 0.1) is 17.9 Å². The van der Waals surface area contributed by atoms with E-state index in [9.17, 15) is 5.26 Å². The van der Waals surface area contributed by atoms with Crippen LogP contribution in [0.2, 0.25) is 0 Å². The van der Waals surface area contributed by atoms with Gasteiger partial charge in [0.2, 0.25) is 0 Å². The van der Waals surface area contributed by atoms with Crippen LogP contribution in [-0.4, -0.2) is 0 Å². The molecule has 2 aliphatic carbocycles. The molecule has 12 rings (SSSR count). The molecule has 0 amide bonds. The Morgan fingerprint density at radius 2 is 1.00 bits per heavy atom. The summed E-state index contributed by atoms with van der Waals surface area (Å²) in [6.45, 7) is 7.79. The van der Waals surface area contributed by atoms with Crippen LogP contribution >= 0.6 is 0 Å².